The molecule has 4 heteroatoms. The van der Waals surface area contributed by atoms with Gasteiger partial charge in [0, 0.05) is 6.54 Å². The van der Waals surface area contributed by atoms with Crippen LogP contribution in [0.4, 0.5) is 0 Å². The first kappa shape index (κ1) is 12.4. The molecule has 0 aromatic heterocycles. The molecule has 0 amide bonds. The van der Waals surface area contributed by atoms with Gasteiger partial charge in [0.15, 0.2) is 0 Å². The summed E-state index contributed by atoms with van der Waals surface area (Å²) in [5.41, 5.74) is 0.0723. The number of carboxylic acids is 1. The summed E-state index contributed by atoms with van der Waals surface area (Å²) in [6.45, 7) is 6.39. The van der Waals surface area contributed by atoms with Crippen LogP contribution in [0.15, 0.2) is 0 Å². The molecular formula is C9H19NO3. The molecule has 0 saturated heterocycles. The van der Waals surface area contributed by atoms with E-state index in [0.717, 1.165) is 6.42 Å². The number of aliphatic hydroxyl groups excluding tert-OH is 1. The summed E-state index contributed by atoms with van der Waals surface area (Å²) in [5, 5.41) is 20.2. The van der Waals surface area contributed by atoms with Gasteiger partial charge in [0.1, 0.15) is 6.04 Å². The Kier molecular flexibility index (Phi) is 4.95. The van der Waals surface area contributed by atoms with Crippen molar-refractivity contribution in [1.82, 2.24) is 5.32 Å². The quantitative estimate of drug-likeness (QED) is 0.567. The van der Waals surface area contributed by atoms with Gasteiger partial charge in [0.2, 0.25) is 0 Å². The summed E-state index contributed by atoms with van der Waals surface area (Å²) in [4.78, 5) is 10.5. The molecule has 3 N–H and O–H groups in total. The normalized spacial score (nSPS) is 14.2. The molecule has 0 aromatic rings. The second-order valence-corrected chi connectivity index (χ2v) is 3.97. The summed E-state index contributed by atoms with van der Waals surface area (Å²) in [7, 11) is 0. The Labute approximate surface area is 79.0 Å². The second kappa shape index (κ2) is 5.19. The predicted molar refractivity (Wildman–Crippen MR) is 50.6 cm³/mol. The Balaban J connectivity index is 3.92. The number of hydrogen-bond donors (Lipinski definition) is 3. The molecule has 0 radical (unpaired) electrons. The number of carboxylic acid groups (broad SMARTS) is 1. The van der Waals surface area contributed by atoms with Crippen LogP contribution in [0.25, 0.3) is 0 Å². The number of hydrogen-bond acceptors (Lipinski definition) is 3. The lowest BCUT2D eigenvalue weighted by Crippen LogP contribution is -2.44. The molecule has 0 fully saturated rings. The fourth-order valence-electron chi connectivity index (χ4n) is 0.754. The maximum atomic E-state index is 10.5. The molecule has 0 spiro atoms. The average Bonchev–Trinajstić information content (AvgIpc) is 2.05. The van der Waals surface area contributed by atoms with Gasteiger partial charge in [-0.15, -0.1) is 0 Å². The third kappa shape index (κ3) is 4.85. The fraction of sp³-hybridized carbons (Fsp3) is 0.889. The van der Waals surface area contributed by atoms with E-state index < -0.39 is 12.0 Å². The molecule has 0 aliphatic carbocycles. The summed E-state index contributed by atoms with van der Waals surface area (Å²) < 4.78 is 0. The van der Waals surface area contributed by atoms with E-state index in [9.17, 15) is 4.79 Å². The van der Waals surface area contributed by atoms with Gasteiger partial charge in [-0.1, -0.05) is 20.8 Å². The molecule has 4 nitrogen and oxygen atoms in total. The van der Waals surface area contributed by atoms with Gasteiger partial charge in [-0.3, -0.25) is 4.79 Å². The molecule has 0 aliphatic rings. The molecule has 0 aromatic carbocycles. The largest absolute Gasteiger partial charge is 0.480 e. The van der Waals surface area contributed by atoms with E-state index in [-0.39, 0.29) is 12.0 Å². The highest BCUT2D eigenvalue weighted by Gasteiger charge is 2.20. The minimum atomic E-state index is -1.01. The van der Waals surface area contributed by atoms with Crippen molar-refractivity contribution in [3.8, 4) is 0 Å². The lowest BCUT2D eigenvalue weighted by atomic mass is 9.90. The van der Waals surface area contributed by atoms with Crippen LogP contribution in [0, 0.1) is 5.41 Å². The molecule has 13 heavy (non-hydrogen) atoms. The van der Waals surface area contributed by atoms with E-state index in [2.05, 4.69) is 26.1 Å². The molecular weight excluding hydrogens is 170 g/mol. The Hall–Kier alpha value is -0.610. The van der Waals surface area contributed by atoms with Crippen molar-refractivity contribution in [2.75, 3.05) is 13.2 Å². The predicted octanol–water partition coefficient (Wildman–Crippen LogP) is 0.458. The van der Waals surface area contributed by atoms with Crippen molar-refractivity contribution in [2.45, 2.75) is 33.2 Å². The molecule has 78 valence electrons. The van der Waals surface area contributed by atoms with Crippen LogP contribution in [-0.4, -0.2) is 35.4 Å². The van der Waals surface area contributed by atoms with E-state index >= 15 is 0 Å². The zero-order valence-electron chi connectivity index (χ0n) is 8.50. The number of aliphatic hydroxyl groups is 1. The highest BCUT2D eigenvalue weighted by atomic mass is 16.4. The first-order valence-corrected chi connectivity index (χ1v) is 4.50. The van der Waals surface area contributed by atoms with Gasteiger partial charge in [0.25, 0.3) is 0 Å². The molecule has 0 saturated carbocycles. The first-order chi connectivity index (χ1) is 5.93. The third-order valence-electron chi connectivity index (χ3n) is 2.26. The van der Waals surface area contributed by atoms with Gasteiger partial charge in [-0.2, -0.15) is 0 Å². The van der Waals surface area contributed by atoms with E-state index in [1.165, 1.54) is 0 Å². The van der Waals surface area contributed by atoms with Crippen LogP contribution in [-0.2, 0) is 4.79 Å². The second-order valence-electron chi connectivity index (χ2n) is 3.97. The highest BCUT2D eigenvalue weighted by molar-refractivity contribution is 5.73. The average molecular weight is 189 g/mol. The summed E-state index contributed by atoms with van der Waals surface area (Å²) in [6.07, 6.45) is 0.970. The van der Waals surface area contributed by atoms with E-state index in [1.54, 1.807) is 0 Å². The number of carbonyl (C=O) groups is 1. The lowest BCUT2D eigenvalue weighted by Gasteiger charge is -2.24. The van der Waals surface area contributed by atoms with Crippen molar-refractivity contribution in [1.29, 1.82) is 0 Å². The summed E-state index contributed by atoms with van der Waals surface area (Å²) in [5.74, 6) is -1.01. The number of rotatable bonds is 6. The maximum absolute atomic E-state index is 10.5. The van der Waals surface area contributed by atoms with E-state index in [4.69, 9.17) is 10.2 Å². The zero-order chi connectivity index (χ0) is 10.5. The Morgan fingerprint density at radius 3 is 2.38 bits per heavy atom. The van der Waals surface area contributed by atoms with Crippen molar-refractivity contribution in [2.24, 2.45) is 5.41 Å². The standard InChI is InChI=1S/C9H19NO3/c1-4-9(2,3)6-10-7(5-11)8(12)13/h7,10-11H,4-6H2,1-3H3,(H,12,13)/t7-/m0/s1. The lowest BCUT2D eigenvalue weighted by molar-refractivity contribution is -0.140. The summed E-state index contributed by atoms with van der Waals surface area (Å²) in [6, 6.07) is -0.842. The maximum Gasteiger partial charge on any atom is 0.323 e. The van der Waals surface area contributed by atoms with Crippen molar-refractivity contribution < 1.29 is 15.0 Å². The molecule has 0 aliphatic heterocycles. The van der Waals surface area contributed by atoms with Crippen LogP contribution >= 0.6 is 0 Å². The van der Waals surface area contributed by atoms with Crippen molar-refractivity contribution in [3.63, 3.8) is 0 Å². The van der Waals surface area contributed by atoms with E-state index in [1.807, 2.05) is 0 Å². The summed E-state index contributed by atoms with van der Waals surface area (Å²) >= 11 is 0. The third-order valence-corrected chi connectivity index (χ3v) is 2.26. The smallest absolute Gasteiger partial charge is 0.323 e. The minimum absolute atomic E-state index is 0.0723. The SMILES string of the molecule is CCC(C)(C)CN[C@@H](CO)C(=O)O. The number of aliphatic carboxylic acids is 1. The van der Waals surface area contributed by atoms with Gasteiger partial charge >= 0.3 is 5.97 Å². The van der Waals surface area contributed by atoms with Gasteiger partial charge in [0.05, 0.1) is 6.61 Å². The highest BCUT2D eigenvalue weighted by Crippen LogP contribution is 2.17. The molecule has 0 bridgehead atoms. The minimum Gasteiger partial charge on any atom is -0.480 e. The van der Waals surface area contributed by atoms with Crippen molar-refractivity contribution in [3.05, 3.63) is 0 Å². The van der Waals surface area contributed by atoms with Crippen LogP contribution in [0.5, 0.6) is 0 Å². The first-order valence-electron chi connectivity index (χ1n) is 4.50. The molecule has 1 atom stereocenters. The topological polar surface area (TPSA) is 69.6 Å². The van der Waals surface area contributed by atoms with Crippen LogP contribution in [0.2, 0.25) is 0 Å². The number of nitrogens with one attached hydrogen (secondary N) is 1. The van der Waals surface area contributed by atoms with Crippen LogP contribution in [0.3, 0.4) is 0 Å². The molecule has 0 heterocycles. The van der Waals surface area contributed by atoms with Gasteiger partial charge < -0.3 is 15.5 Å². The molecule has 0 rings (SSSR count). The Morgan fingerprint density at radius 1 is 1.54 bits per heavy atom. The zero-order valence-corrected chi connectivity index (χ0v) is 8.50. The van der Waals surface area contributed by atoms with Crippen molar-refractivity contribution >= 4 is 5.97 Å². The Morgan fingerprint density at radius 2 is 2.08 bits per heavy atom. The van der Waals surface area contributed by atoms with Gasteiger partial charge in [-0.25, -0.2) is 0 Å². The fourth-order valence-corrected chi connectivity index (χ4v) is 0.754. The molecule has 0 unspecified atom stereocenters. The van der Waals surface area contributed by atoms with Gasteiger partial charge in [-0.05, 0) is 11.8 Å². The monoisotopic (exact) mass is 189 g/mol. The Bertz CT molecular complexity index is 168. The van der Waals surface area contributed by atoms with Crippen LogP contribution in [0.1, 0.15) is 27.2 Å². The van der Waals surface area contributed by atoms with E-state index in [0.29, 0.717) is 6.54 Å². The van der Waals surface area contributed by atoms with Crippen LogP contribution < -0.4 is 5.32 Å².